The van der Waals surface area contributed by atoms with E-state index in [-0.39, 0.29) is 37.0 Å². The predicted molar refractivity (Wildman–Crippen MR) is 72.4 cm³/mol. The average molecular weight is 296 g/mol. The number of phenolic OH excluding ortho intramolecular Hbond substituents is 1. The predicted octanol–water partition coefficient (Wildman–Crippen LogP) is 0.508. The van der Waals surface area contributed by atoms with Gasteiger partial charge in [0.2, 0.25) is 5.91 Å². The van der Waals surface area contributed by atoms with Crippen LogP contribution in [0.4, 0.5) is 4.39 Å². The number of halogens is 1. The van der Waals surface area contributed by atoms with Crippen LogP contribution in [-0.4, -0.2) is 54.2 Å². The Morgan fingerprint density at radius 2 is 2.29 bits per heavy atom. The van der Waals surface area contributed by atoms with Gasteiger partial charge in [-0.05, 0) is 25.1 Å². The number of phenols is 1. The topological polar surface area (TPSA) is 78.9 Å². The third-order valence-corrected chi connectivity index (χ3v) is 3.23. The maximum atomic E-state index is 13.3. The first-order valence-corrected chi connectivity index (χ1v) is 6.69. The molecule has 0 bridgehead atoms. The molecular weight excluding hydrogens is 279 g/mol. The molecule has 0 aromatic heterocycles. The quantitative estimate of drug-likeness (QED) is 0.852. The Labute approximate surface area is 121 Å². The summed E-state index contributed by atoms with van der Waals surface area (Å²) in [5.74, 6) is -1.87. The molecule has 1 aliphatic rings. The van der Waals surface area contributed by atoms with E-state index in [1.165, 1.54) is 4.90 Å². The molecule has 1 heterocycles. The van der Waals surface area contributed by atoms with Crippen LogP contribution < -0.4 is 5.32 Å². The van der Waals surface area contributed by atoms with Gasteiger partial charge in [-0.1, -0.05) is 0 Å². The first kappa shape index (κ1) is 15.2. The van der Waals surface area contributed by atoms with E-state index in [1.807, 2.05) is 0 Å². The van der Waals surface area contributed by atoms with Crippen LogP contribution in [0.3, 0.4) is 0 Å². The number of amides is 2. The molecule has 0 spiro atoms. The number of ether oxygens (including phenoxy) is 1. The maximum absolute atomic E-state index is 13.3. The van der Waals surface area contributed by atoms with Gasteiger partial charge >= 0.3 is 0 Å². The summed E-state index contributed by atoms with van der Waals surface area (Å²) >= 11 is 0. The van der Waals surface area contributed by atoms with Gasteiger partial charge in [-0.3, -0.25) is 9.59 Å². The van der Waals surface area contributed by atoms with Gasteiger partial charge in [0.1, 0.15) is 17.6 Å². The molecule has 6 nitrogen and oxygen atoms in total. The number of hydrogen-bond donors (Lipinski definition) is 2. The summed E-state index contributed by atoms with van der Waals surface area (Å²) in [6, 6.07) is 2.35. The van der Waals surface area contributed by atoms with E-state index >= 15 is 0 Å². The van der Waals surface area contributed by atoms with Crippen molar-refractivity contribution >= 4 is 11.8 Å². The summed E-state index contributed by atoms with van der Waals surface area (Å²) < 4.78 is 18.5. The van der Waals surface area contributed by atoms with E-state index in [0.29, 0.717) is 6.54 Å². The van der Waals surface area contributed by atoms with E-state index in [2.05, 4.69) is 5.32 Å². The summed E-state index contributed by atoms with van der Waals surface area (Å²) in [5, 5.41) is 12.3. The molecule has 2 N–H and O–H groups in total. The largest absolute Gasteiger partial charge is 0.507 e. The second-order valence-corrected chi connectivity index (χ2v) is 4.65. The molecule has 114 valence electrons. The lowest BCUT2D eigenvalue weighted by Gasteiger charge is -2.34. The van der Waals surface area contributed by atoms with Crippen molar-refractivity contribution in [1.29, 1.82) is 0 Å². The fourth-order valence-electron chi connectivity index (χ4n) is 2.19. The molecule has 1 aromatic rings. The van der Waals surface area contributed by atoms with E-state index in [4.69, 9.17) is 4.74 Å². The molecule has 0 saturated carbocycles. The highest BCUT2D eigenvalue weighted by molar-refractivity contribution is 5.99. The Kier molecular flexibility index (Phi) is 4.74. The number of nitrogens with zero attached hydrogens (tertiary/aromatic N) is 1. The highest BCUT2D eigenvalue weighted by Gasteiger charge is 2.34. The van der Waals surface area contributed by atoms with Gasteiger partial charge in [0, 0.05) is 13.1 Å². The van der Waals surface area contributed by atoms with Crippen LogP contribution in [0, 0.1) is 5.82 Å². The molecule has 0 radical (unpaired) electrons. The van der Waals surface area contributed by atoms with Crippen molar-refractivity contribution in [3.05, 3.63) is 29.6 Å². The molecule has 1 aliphatic heterocycles. The smallest absolute Gasteiger partial charge is 0.258 e. The van der Waals surface area contributed by atoms with Gasteiger partial charge in [0.25, 0.3) is 5.91 Å². The molecule has 0 aliphatic carbocycles. The van der Waals surface area contributed by atoms with Gasteiger partial charge in [-0.25, -0.2) is 4.39 Å². The minimum Gasteiger partial charge on any atom is -0.507 e. The van der Waals surface area contributed by atoms with Crippen molar-refractivity contribution in [1.82, 2.24) is 10.2 Å². The third kappa shape index (κ3) is 3.30. The highest BCUT2D eigenvalue weighted by Crippen LogP contribution is 2.22. The van der Waals surface area contributed by atoms with Crippen molar-refractivity contribution in [2.45, 2.75) is 13.0 Å². The van der Waals surface area contributed by atoms with Crippen LogP contribution in [0.15, 0.2) is 18.2 Å². The Bertz CT molecular complexity index is 550. The number of carbonyl (C=O) groups is 2. The molecule has 1 aromatic carbocycles. The Morgan fingerprint density at radius 3 is 3.00 bits per heavy atom. The monoisotopic (exact) mass is 296 g/mol. The number of likely N-dealkylation sites (N-methyl/N-ethyl adjacent to an activating group) is 1. The van der Waals surface area contributed by atoms with Crippen molar-refractivity contribution < 1.29 is 23.8 Å². The lowest BCUT2D eigenvalue weighted by atomic mass is 10.1. The second kappa shape index (κ2) is 6.53. The fourth-order valence-corrected chi connectivity index (χ4v) is 2.19. The first-order chi connectivity index (χ1) is 10.0. The van der Waals surface area contributed by atoms with Crippen LogP contribution in [0.1, 0.15) is 17.3 Å². The van der Waals surface area contributed by atoms with Crippen molar-refractivity contribution in [3.8, 4) is 5.75 Å². The summed E-state index contributed by atoms with van der Waals surface area (Å²) in [4.78, 5) is 25.7. The Morgan fingerprint density at radius 1 is 1.52 bits per heavy atom. The number of aromatic hydroxyl groups is 1. The molecular formula is C14H17FN2O4. The molecule has 7 heteroatoms. The number of hydrogen-bond acceptors (Lipinski definition) is 4. The van der Waals surface area contributed by atoms with E-state index in [0.717, 1.165) is 18.2 Å². The average Bonchev–Trinajstić information content (AvgIpc) is 2.49. The molecule has 2 amide bonds. The molecule has 2 rings (SSSR count). The van der Waals surface area contributed by atoms with Crippen LogP contribution in [-0.2, 0) is 9.53 Å². The Balaban J connectivity index is 2.26. The van der Waals surface area contributed by atoms with Crippen LogP contribution in [0.25, 0.3) is 0 Å². The first-order valence-electron chi connectivity index (χ1n) is 6.69. The second-order valence-electron chi connectivity index (χ2n) is 4.65. The third-order valence-electron chi connectivity index (χ3n) is 3.23. The fraction of sp³-hybridized carbons (Fsp3) is 0.429. The summed E-state index contributed by atoms with van der Waals surface area (Å²) in [6.07, 6.45) is 0. The number of nitrogens with one attached hydrogen (secondary N) is 1. The van der Waals surface area contributed by atoms with Crippen LogP contribution in [0.2, 0.25) is 0 Å². The Hall–Kier alpha value is -2.15. The van der Waals surface area contributed by atoms with Crippen molar-refractivity contribution in [2.24, 2.45) is 0 Å². The maximum Gasteiger partial charge on any atom is 0.258 e. The zero-order valence-electron chi connectivity index (χ0n) is 11.6. The van der Waals surface area contributed by atoms with E-state index in [1.54, 1.807) is 6.92 Å². The summed E-state index contributed by atoms with van der Waals surface area (Å²) in [6.45, 7) is 2.77. The zero-order chi connectivity index (χ0) is 15.4. The number of rotatable bonds is 3. The van der Waals surface area contributed by atoms with Gasteiger partial charge in [-0.2, -0.15) is 0 Å². The zero-order valence-corrected chi connectivity index (χ0v) is 11.6. The lowest BCUT2D eigenvalue weighted by Crippen LogP contribution is -2.55. The van der Waals surface area contributed by atoms with Gasteiger partial charge in [0.15, 0.2) is 0 Å². The standard InChI is InChI=1S/C14H17FN2O4/c1-2-16-13(19)11-8-21-6-5-17(11)14(20)10-7-9(15)3-4-12(10)18/h3-4,7,11,18H,2,5-6,8H2,1H3,(H,16,19). The van der Waals surface area contributed by atoms with Gasteiger partial charge < -0.3 is 20.1 Å². The molecule has 21 heavy (non-hydrogen) atoms. The van der Waals surface area contributed by atoms with Crippen LogP contribution >= 0.6 is 0 Å². The molecule has 1 unspecified atom stereocenters. The minimum absolute atomic E-state index is 0.0770. The van der Waals surface area contributed by atoms with Gasteiger partial charge in [0.05, 0.1) is 18.8 Å². The number of morpholine rings is 1. The number of carbonyl (C=O) groups excluding carboxylic acids is 2. The molecule has 1 atom stereocenters. The summed E-state index contributed by atoms with van der Waals surface area (Å²) in [5.41, 5.74) is -0.161. The SMILES string of the molecule is CCNC(=O)C1COCCN1C(=O)c1cc(F)ccc1O. The summed E-state index contributed by atoms with van der Waals surface area (Å²) in [7, 11) is 0. The van der Waals surface area contributed by atoms with E-state index in [9.17, 15) is 19.1 Å². The van der Waals surface area contributed by atoms with Crippen molar-refractivity contribution in [2.75, 3.05) is 26.3 Å². The lowest BCUT2D eigenvalue weighted by molar-refractivity contribution is -0.130. The minimum atomic E-state index is -0.783. The van der Waals surface area contributed by atoms with E-state index < -0.39 is 17.8 Å². The molecule has 1 fully saturated rings. The van der Waals surface area contributed by atoms with Crippen molar-refractivity contribution in [3.63, 3.8) is 0 Å². The number of benzene rings is 1. The normalized spacial score (nSPS) is 18.4. The van der Waals surface area contributed by atoms with Crippen LogP contribution in [0.5, 0.6) is 5.75 Å². The molecule has 1 saturated heterocycles. The highest BCUT2D eigenvalue weighted by atomic mass is 19.1. The van der Waals surface area contributed by atoms with Gasteiger partial charge in [-0.15, -0.1) is 0 Å².